The van der Waals surface area contributed by atoms with Crippen LogP contribution in [0.15, 0.2) is 24.3 Å². The van der Waals surface area contributed by atoms with Gasteiger partial charge in [-0.15, -0.1) is 0 Å². The Morgan fingerprint density at radius 1 is 1.44 bits per heavy atom. The molecule has 0 saturated heterocycles. The van der Waals surface area contributed by atoms with Crippen molar-refractivity contribution in [2.24, 2.45) is 11.7 Å². The molecule has 0 radical (unpaired) electrons. The Labute approximate surface area is 112 Å². The van der Waals surface area contributed by atoms with Gasteiger partial charge in [-0.3, -0.25) is 4.21 Å². The highest BCUT2D eigenvalue weighted by Gasteiger charge is 2.31. The fourth-order valence-corrected chi connectivity index (χ4v) is 4.48. The first kappa shape index (κ1) is 13.8. The molecular formula is C15H23NOS. The van der Waals surface area contributed by atoms with Crippen molar-refractivity contribution >= 4 is 10.8 Å². The van der Waals surface area contributed by atoms with Gasteiger partial charge in [-0.1, -0.05) is 44.5 Å². The summed E-state index contributed by atoms with van der Waals surface area (Å²) >= 11 is 0. The van der Waals surface area contributed by atoms with E-state index in [1.54, 1.807) is 0 Å². The lowest BCUT2D eigenvalue weighted by Crippen LogP contribution is -2.36. The topological polar surface area (TPSA) is 43.1 Å². The van der Waals surface area contributed by atoms with E-state index in [4.69, 9.17) is 5.73 Å². The van der Waals surface area contributed by atoms with Crippen LogP contribution in [0.2, 0.25) is 0 Å². The fraction of sp³-hybridized carbons (Fsp3) is 0.600. The average molecular weight is 265 g/mol. The summed E-state index contributed by atoms with van der Waals surface area (Å²) in [6, 6.07) is 8.26. The molecule has 18 heavy (non-hydrogen) atoms. The van der Waals surface area contributed by atoms with Gasteiger partial charge in [0.05, 0.1) is 5.25 Å². The molecule has 2 nitrogen and oxygen atoms in total. The van der Waals surface area contributed by atoms with Crippen LogP contribution < -0.4 is 5.73 Å². The van der Waals surface area contributed by atoms with Crippen molar-refractivity contribution < 1.29 is 4.21 Å². The molecule has 2 N–H and O–H groups in total. The number of rotatable bonds is 4. The van der Waals surface area contributed by atoms with E-state index in [0.717, 1.165) is 25.0 Å². The quantitative estimate of drug-likeness (QED) is 0.909. The third-order valence-corrected chi connectivity index (χ3v) is 6.10. The molecule has 1 aliphatic rings. The van der Waals surface area contributed by atoms with Crippen molar-refractivity contribution in [2.75, 3.05) is 5.75 Å². The molecule has 2 rings (SSSR count). The summed E-state index contributed by atoms with van der Waals surface area (Å²) in [5.74, 6) is 1.31. The van der Waals surface area contributed by atoms with Crippen molar-refractivity contribution in [3.05, 3.63) is 35.4 Å². The smallest absolute Gasteiger partial charge is 0.0544 e. The molecule has 0 heterocycles. The highest BCUT2D eigenvalue weighted by atomic mass is 32.2. The van der Waals surface area contributed by atoms with Crippen LogP contribution in [-0.4, -0.2) is 15.2 Å². The zero-order valence-electron chi connectivity index (χ0n) is 11.3. The molecule has 100 valence electrons. The Balaban J connectivity index is 2.11. The van der Waals surface area contributed by atoms with Gasteiger partial charge in [-0.05, 0) is 29.9 Å². The molecule has 0 amide bonds. The van der Waals surface area contributed by atoms with Crippen LogP contribution in [0.3, 0.4) is 0 Å². The molecule has 0 saturated carbocycles. The summed E-state index contributed by atoms with van der Waals surface area (Å²) < 4.78 is 12.4. The SMILES string of the molecule is CCC(C)CS(=O)C1CCc2ccccc2C1N. The van der Waals surface area contributed by atoms with Gasteiger partial charge < -0.3 is 5.73 Å². The van der Waals surface area contributed by atoms with Gasteiger partial charge in [0.2, 0.25) is 0 Å². The van der Waals surface area contributed by atoms with Gasteiger partial charge >= 0.3 is 0 Å². The Morgan fingerprint density at radius 2 is 2.17 bits per heavy atom. The second-order valence-corrected chi connectivity index (χ2v) is 7.06. The van der Waals surface area contributed by atoms with Gasteiger partial charge in [0.1, 0.15) is 0 Å². The van der Waals surface area contributed by atoms with Crippen LogP contribution in [0.25, 0.3) is 0 Å². The van der Waals surface area contributed by atoms with E-state index in [1.807, 2.05) is 6.07 Å². The van der Waals surface area contributed by atoms with Gasteiger partial charge in [0, 0.05) is 22.6 Å². The van der Waals surface area contributed by atoms with E-state index in [2.05, 4.69) is 32.0 Å². The molecule has 0 fully saturated rings. The molecule has 4 atom stereocenters. The zero-order chi connectivity index (χ0) is 13.1. The first-order chi connectivity index (χ1) is 8.63. The standard InChI is InChI=1S/C15H23NOS/c1-3-11(2)10-18(17)14-9-8-12-6-4-5-7-13(12)15(14)16/h4-7,11,14-15H,3,8-10,16H2,1-2H3. The monoisotopic (exact) mass is 265 g/mol. The predicted octanol–water partition coefficient (Wildman–Crippen LogP) is 2.80. The number of hydrogen-bond donors (Lipinski definition) is 1. The van der Waals surface area contributed by atoms with Crippen LogP contribution in [0.1, 0.15) is 43.9 Å². The van der Waals surface area contributed by atoms with Crippen molar-refractivity contribution in [3.8, 4) is 0 Å². The van der Waals surface area contributed by atoms with Crippen molar-refractivity contribution in [3.63, 3.8) is 0 Å². The van der Waals surface area contributed by atoms with E-state index in [1.165, 1.54) is 11.1 Å². The van der Waals surface area contributed by atoms with Gasteiger partial charge in [-0.25, -0.2) is 0 Å². The van der Waals surface area contributed by atoms with Crippen LogP contribution in [0, 0.1) is 5.92 Å². The average Bonchev–Trinajstić information content (AvgIpc) is 2.39. The number of hydrogen-bond acceptors (Lipinski definition) is 2. The second-order valence-electron chi connectivity index (χ2n) is 5.36. The molecule has 0 spiro atoms. The molecule has 0 bridgehead atoms. The van der Waals surface area contributed by atoms with Crippen molar-refractivity contribution in [1.82, 2.24) is 0 Å². The highest BCUT2D eigenvalue weighted by molar-refractivity contribution is 7.85. The minimum atomic E-state index is -0.799. The van der Waals surface area contributed by atoms with E-state index in [0.29, 0.717) is 5.92 Å². The number of aryl methyl sites for hydroxylation is 1. The summed E-state index contributed by atoms with van der Waals surface area (Å²) in [5.41, 5.74) is 8.85. The number of nitrogens with two attached hydrogens (primary N) is 1. The van der Waals surface area contributed by atoms with Crippen LogP contribution in [0.5, 0.6) is 0 Å². The highest BCUT2D eigenvalue weighted by Crippen LogP contribution is 2.31. The fourth-order valence-electron chi connectivity index (χ4n) is 2.58. The van der Waals surface area contributed by atoms with Crippen molar-refractivity contribution in [2.45, 2.75) is 44.4 Å². The molecule has 0 aromatic heterocycles. The van der Waals surface area contributed by atoms with E-state index in [-0.39, 0.29) is 11.3 Å². The van der Waals surface area contributed by atoms with Gasteiger partial charge in [0.15, 0.2) is 0 Å². The first-order valence-corrected chi connectivity index (χ1v) is 8.22. The third kappa shape index (κ3) is 2.83. The molecule has 1 aromatic carbocycles. The van der Waals surface area contributed by atoms with E-state index < -0.39 is 10.8 Å². The molecule has 3 heteroatoms. The molecule has 0 aliphatic heterocycles. The minimum absolute atomic E-state index is 0.0557. The summed E-state index contributed by atoms with van der Waals surface area (Å²) in [6.07, 6.45) is 3.06. The van der Waals surface area contributed by atoms with Crippen molar-refractivity contribution in [1.29, 1.82) is 0 Å². The lowest BCUT2D eigenvalue weighted by atomic mass is 9.88. The van der Waals surface area contributed by atoms with Crippen LogP contribution in [0.4, 0.5) is 0 Å². The second kappa shape index (κ2) is 5.98. The van der Waals surface area contributed by atoms with Crippen LogP contribution >= 0.6 is 0 Å². The Bertz CT molecular complexity index is 432. The Hall–Kier alpha value is -0.670. The zero-order valence-corrected chi connectivity index (χ0v) is 12.1. The normalized spacial score (nSPS) is 26.4. The van der Waals surface area contributed by atoms with Crippen LogP contribution in [-0.2, 0) is 17.2 Å². The maximum atomic E-state index is 12.4. The summed E-state index contributed by atoms with van der Waals surface area (Å²) in [5, 5.41) is 0.133. The molecule has 1 aliphatic carbocycles. The summed E-state index contributed by atoms with van der Waals surface area (Å²) in [4.78, 5) is 0. The maximum Gasteiger partial charge on any atom is 0.0544 e. The first-order valence-electron chi connectivity index (χ1n) is 6.84. The van der Waals surface area contributed by atoms with E-state index >= 15 is 0 Å². The lowest BCUT2D eigenvalue weighted by Gasteiger charge is -2.31. The summed E-state index contributed by atoms with van der Waals surface area (Å²) in [6.45, 7) is 4.32. The third-order valence-electron chi connectivity index (χ3n) is 4.00. The summed E-state index contributed by atoms with van der Waals surface area (Å²) in [7, 11) is -0.799. The Morgan fingerprint density at radius 3 is 2.89 bits per heavy atom. The lowest BCUT2D eigenvalue weighted by molar-refractivity contribution is 0.551. The predicted molar refractivity (Wildman–Crippen MR) is 77.9 cm³/mol. The molecule has 1 aromatic rings. The minimum Gasteiger partial charge on any atom is -0.323 e. The van der Waals surface area contributed by atoms with Gasteiger partial charge in [-0.2, -0.15) is 0 Å². The molecule has 4 unspecified atom stereocenters. The molecular weight excluding hydrogens is 242 g/mol. The largest absolute Gasteiger partial charge is 0.323 e. The number of fused-ring (bicyclic) bond motifs is 1. The number of benzene rings is 1. The van der Waals surface area contributed by atoms with Gasteiger partial charge in [0.25, 0.3) is 0 Å². The maximum absolute atomic E-state index is 12.4. The Kier molecular flexibility index (Phi) is 4.57. The van der Waals surface area contributed by atoms with E-state index in [9.17, 15) is 4.21 Å².